The summed E-state index contributed by atoms with van der Waals surface area (Å²) in [5.74, 6) is -0.328. The largest absolute Gasteiger partial charge is 0.393 e. The van der Waals surface area contributed by atoms with E-state index in [0.29, 0.717) is 17.9 Å². The lowest BCUT2D eigenvalue weighted by Gasteiger charge is -2.05. The number of halogens is 2. The van der Waals surface area contributed by atoms with Crippen molar-refractivity contribution in [2.24, 2.45) is 0 Å². The molecule has 0 aliphatic rings. The molecule has 1 unspecified atom stereocenters. The van der Waals surface area contributed by atoms with Gasteiger partial charge in [0.25, 0.3) is 0 Å². The van der Waals surface area contributed by atoms with E-state index in [4.69, 9.17) is 16.7 Å². The number of benzene rings is 1. The second-order valence-corrected chi connectivity index (χ2v) is 3.53. The lowest BCUT2D eigenvalue weighted by molar-refractivity contribution is 0.185. The molecule has 1 atom stereocenters. The molecule has 0 saturated carbocycles. The summed E-state index contributed by atoms with van der Waals surface area (Å²) in [6.45, 7) is 1.72. The Kier molecular flexibility index (Phi) is 3.70. The van der Waals surface area contributed by atoms with E-state index in [1.165, 1.54) is 12.1 Å². The Hall–Kier alpha value is -0.600. The van der Waals surface area contributed by atoms with E-state index in [0.717, 1.165) is 5.56 Å². The van der Waals surface area contributed by atoms with Crippen LogP contribution in [-0.2, 0) is 6.42 Å². The molecule has 0 aromatic heterocycles. The smallest absolute Gasteiger partial charge is 0.124 e. The molecule has 3 heteroatoms. The first-order valence-electron chi connectivity index (χ1n) is 4.21. The second-order valence-electron chi connectivity index (χ2n) is 3.12. The van der Waals surface area contributed by atoms with E-state index >= 15 is 0 Å². The molecule has 1 rings (SSSR count). The summed E-state index contributed by atoms with van der Waals surface area (Å²) in [6.07, 6.45) is 0.975. The first-order chi connectivity index (χ1) is 6.09. The van der Waals surface area contributed by atoms with Crippen molar-refractivity contribution in [2.45, 2.75) is 25.9 Å². The van der Waals surface area contributed by atoms with Crippen molar-refractivity contribution >= 4 is 11.6 Å². The van der Waals surface area contributed by atoms with Crippen LogP contribution in [0.15, 0.2) is 18.2 Å². The van der Waals surface area contributed by atoms with Gasteiger partial charge in [-0.05, 0) is 37.5 Å². The highest BCUT2D eigenvalue weighted by atomic mass is 35.5. The zero-order valence-electron chi connectivity index (χ0n) is 7.43. The van der Waals surface area contributed by atoms with Crippen molar-refractivity contribution in [2.75, 3.05) is 0 Å². The molecule has 1 aromatic rings. The topological polar surface area (TPSA) is 20.2 Å². The summed E-state index contributed by atoms with van der Waals surface area (Å²) >= 11 is 5.79. The molecule has 0 aliphatic heterocycles. The predicted molar refractivity (Wildman–Crippen MR) is 51.4 cm³/mol. The molecule has 0 fully saturated rings. The minimum absolute atomic E-state index is 0.328. The molecule has 1 nitrogen and oxygen atoms in total. The zero-order valence-corrected chi connectivity index (χ0v) is 8.18. The van der Waals surface area contributed by atoms with E-state index in [1.54, 1.807) is 13.0 Å². The highest BCUT2D eigenvalue weighted by Crippen LogP contribution is 2.19. The van der Waals surface area contributed by atoms with Gasteiger partial charge in [0, 0.05) is 5.02 Å². The van der Waals surface area contributed by atoms with Crippen molar-refractivity contribution in [3.63, 3.8) is 0 Å². The van der Waals surface area contributed by atoms with Gasteiger partial charge in [-0.1, -0.05) is 17.7 Å². The predicted octanol–water partition coefficient (Wildman–Crippen LogP) is 2.79. The third kappa shape index (κ3) is 3.33. The number of aliphatic hydroxyl groups excluding tert-OH is 1. The minimum Gasteiger partial charge on any atom is -0.393 e. The third-order valence-electron chi connectivity index (χ3n) is 1.85. The van der Waals surface area contributed by atoms with Crippen molar-refractivity contribution in [1.82, 2.24) is 0 Å². The monoisotopic (exact) mass is 202 g/mol. The number of rotatable bonds is 3. The molecular formula is C10H12ClFO. The van der Waals surface area contributed by atoms with Crippen LogP contribution < -0.4 is 0 Å². The van der Waals surface area contributed by atoms with Gasteiger partial charge in [-0.2, -0.15) is 0 Å². The quantitative estimate of drug-likeness (QED) is 0.799. The first kappa shape index (κ1) is 10.5. The zero-order chi connectivity index (χ0) is 9.84. The lowest BCUT2D eigenvalue weighted by atomic mass is 10.1. The van der Waals surface area contributed by atoms with Gasteiger partial charge in [0.1, 0.15) is 5.82 Å². The minimum atomic E-state index is -0.346. The Bertz CT molecular complexity index is 286. The number of hydrogen-bond acceptors (Lipinski definition) is 1. The van der Waals surface area contributed by atoms with Gasteiger partial charge in [-0.15, -0.1) is 0 Å². The van der Waals surface area contributed by atoms with Gasteiger partial charge in [-0.25, -0.2) is 4.39 Å². The Labute approximate surface area is 82.2 Å². The Morgan fingerprint density at radius 1 is 1.54 bits per heavy atom. The molecule has 13 heavy (non-hydrogen) atoms. The summed E-state index contributed by atoms with van der Waals surface area (Å²) in [5, 5.41) is 9.47. The molecular weight excluding hydrogens is 191 g/mol. The van der Waals surface area contributed by atoms with Gasteiger partial charge < -0.3 is 5.11 Å². The van der Waals surface area contributed by atoms with Gasteiger partial charge in [0.15, 0.2) is 0 Å². The number of aryl methyl sites for hydroxylation is 1. The van der Waals surface area contributed by atoms with E-state index in [-0.39, 0.29) is 11.9 Å². The van der Waals surface area contributed by atoms with Crippen LogP contribution in [0.1, 0.15) is 18.9 Å². The van der Waals surface area contributed by atoms with Crippen LogP contribution in [0, 0.1) is 5.82 Å². The normalized spacial score (nSPS) is 12.9. The fraction of sp³-hybridized carbons (Fsp3) is 0.400. The first-order valence-corrected chi connectivity index (χ1v) is 4.59. The SMILES string of the molecule is CC(O)CCc1ccc(F)cc1Cl. The van der Waals surface area contributed by atoms with E-state index in [2.05, 4.69) is 0 Å². The van der Waals surface area contributed by atoms with Crippen LogP contribution in [0.5, 0.6) is 0 Å². The summed E-state index contributed by atoms with van der Waals surface area (Å²) in [7, 11) is 0. The Morgan fingerprint density at radius 2 is 2.23 bits per heavy atom. The van der Waals surface area contributed by atoms with Crippen molar-refractivity contribution in [3.05, 3.63) is 34.6 Å². The molecule has 0 amide bonds. The molecule has 0 spiro atoms. The maximum atomic E-state index is 12.6. The van der Waals surface area contributed by atoms with Crippen LogP contribution in [0.25, 0.3) is 0 Å². The average Bonchev–Trinajstić information content (AvgIpc) is 2.02. The second kappa shape index (κ2) is 4.58. The summed E-state index contributed by atoms with van der Waals surface area (Å²) < 4.78 is 12.6. The standard InChI is InChI=1S/C10H12ClFO/c1-7(13)2-3-8-4-5-9(12)6-10(8)11/h4-7,13H,2-3H2,1H3. The molecule has 1 N–H and O–H groups in total. The highest BCUT2D eigenvalue weighted by molar-refractivity contribution is 6.31. The molecule has 72 valence electrons. The summed E-state index contributed by atoms with van der Waals surface area (Å²) in [4.78, 5) is 0. The van der Waals surface area contributed by atoms with E-state index in [1.807, 2.05) is 0 Å². The molecule has 0 saturated heterocycles. The Morgan fingerprint density at radius 3 is 2.77 bits per heavy atom. The molecule has 0 aliphatic carbocycles. The van der Waals surface area contributed by atoms with E-state index < -0.39 is 0 Å². The Balaban J connectivity index is 2.67. The molecule has 0 bridgehead atoms. The molecule has 0 radical (unpaired) electrons. The summed E-state index contributed by atoms with van der Waals surface area (Å²) in [6, 6.07) is 4.32. The maximum absolute atomic E-state index is 12.6. The third-order valence-corrected chi connectivity index (χ3v) is 2.20. The molecule has 1 aromatic carbocycles. The van der Waals surface area contributed by atoms with Crippen LogP contribution in [0.2, 0.25) is 5.02 Å². The fourth-order valence-electron chi connectivity index (χ4n) is 1.09. The van der Waals surface area contributed by atoms with Gasteiger partial charge in [0.2, 0.25) is 0 Å². The summed E-state index contributed by atoms with van der Waals surface area (Å²) in [5.41, 5.74) is 0.879. The van der Waals surface area contributed by atoms with Crippen LogP contribution in [0.3, 0.4) is 0 Å². The number of hydrogen-bond donors (Lipinski definition) is 1. The van der Waals surface area contributed by atoms with Crippen molar-refractivity contribution < 1.29 is 9.50 Å². The highest BCUT2D eigenvalue weighted by Gasteiger charge is 2.03. The average molecular weight is 203 g/mol. The van der Waals surface area contributed by atoms with Gasteiger partial charge in [0.05, 0.1) is 6.10 Å². The fourth-order valence-corrected chi connectivity index (χ4v) is 1.35. The lowest BCUT2D eigenvalue weighted by Crippen LogP contribution is -2.01. The molecule has 0 heterocycles. The van der Waals surface area contributed by atoms with Gasteiger partial charge in [-0.3, -0.25) is 0 Å². The van der Waals surface area contributed by atoms with Gasteiger partial charge >= 0.3 is 0 Å². The van der Waals surface area contributed by atoms with Crippen LogP contribution in [0.4, 0.5) is 4.39 Å². The van der Waals surface area contributed by atoms with Crippen molar-refractivity contribution in [3.8, 4) is 0 Å². The maximum Gasteiger partial charge on any atom is 0.124 e. The van der Waals surface area contributed by atoms with Crippen LogP contribution in [-0.4, -0.2) is 11.2 Å². The number of aliphatic hydroxyl groups is 1. The van der Waals surface area contributed by atoms with Crippen LogP contribution >= 0.6 is 11.6 Å². The van der Waals surface area contributed by atoms with Crippen molar-refractivity contribution in [1.29, 1.82) is 0 Å². The van der Waals surface area contributed by atoms with E-state index in [9.17, 15) is 4.39 Å².